The topological polar surface area (TPSA) is 176 Å². The lowest BCUT2D eigenvalue weighted by atomic mass is 9.88. The van der Waals surface area contributed by atoms with Crippen LogP contribution in [0.3, 0.4) is 0 Å². The van der Waals surface area contributed by atoms with Gasteiger partial charge in [-0.05, 0) is 18.2 Å². The van der Waals surface area contributed by atoms with E-state index in [0.717, 1.165) is 0 Å². The fraction of sp³-hybridized carbons (Fsp3) is 0.571. The molecule has 33 heavy (non-hydrogen) atoms. The summed E-state index contributed by atoms with van der Waals surface area (Å²) < 4.78 is 27.9. The predicted molar refractivity (Wildman–Crippen MR) is 113 cm³/mol. The molecule has 5 N–H and O–H groups in total. The van der Waals surface area contributed by atoms with Gasteiger partial charge in [0.25, 0.3) is 0 Å². The number of aldehydes is 1. The lowest BCUT2D eigenvalue weighted by Gasteiger charge is -2.48. The highest BCUT2D eigenvalue weighted by Gasteiger charge is 2.57. The number of aliphatic hydroxyl groups excluding tert-OH is 1. The molecule has 0 spiro atoms. The van der Waals surface area contributed by atoms with Crippen molar-refractivity contribution in [3.63, 3.8) is 0 Å². The quantitative estimate of drug-likeness (QED) is 0.301. The van der Waals surface area contributed by atoms with Crippen LogP contribution in [0.1, 0.15) is 23.7 Å². The number of nitrogens with two attached hydrogens (primary N) is 1. The summed E-state index contributed by atoms with van der Waals surface area (Å²) >= 11 is 0. The number of nitrogens with one attached hydrogen (secondary N) is 1. The number of amides is 1. The van der Waals surface area contributed by atoms with Crippen LogP contribution in [0.25, 0.3) is 0 Å². The van der Waals surface area contributed by atoms with Gasteiger partial charge in [-0.3, -0.25) is 9.59 Å². The summed E-state index contributed by atoms with van der Waals surface area (Å²) in [7, 11) is 3.96. The highest BCUT2D eigenvalue weighted by atomic mass is 16.7. The zero-order chi connectivity index (χ0) is 24.8. The molecule has 0 aliphatic carbocycles. The standard InChI is InChI=1S/C21H30N2O10/c1-11(25)23-17-16(30-3)8-21(20(27)28,33-19(17)18(31-4)13(26)9-22)32-14-6-5-12(10-24)7-15(14)29-2/h5-7,10,13,16-19,26H,8-9,22H2,1-4H3,(H,23,25)(H,27,28)/t13-,16-,17+,18-,19?,21+/m0/s1. The number of carboxylic acid groups (broad SMARTS) is 1. The van der Waals surface area contributed by atoms with E-state index in [1.807, 2.05) is 0 Å². The van der Waals surface area contributed by atoms with E-state index >= 15 is 0 Å². The minimum Gasteiger partial charge on any atom is -0.493 e. The third-order valence-electron chi connectivity index (χ3n) is 5.36. The summed E-state index contributed by atoms with van der Waals surface area (Å²) in [5.74, 6) is -4.15. The minimum absolute atomic E-state index is 0.00887. The molecule has 2 rings (SSSR count). The molecule has 0 bridgehead atoms. The van der Waals surface area contributed by atoms with Crippen molar-refractivity contribution in [1.29, 1.82) is 0 Å². The van der Waals surface area contributed by atoms with E-state index in [-0.39, 0.29) is 30.0 Å². The minimum atomic E-state index is -2.32. The molecule has 1 aromatic carbocycles. The summed E-state index contributed by atoms with van der Waals surface area (Å²) in [5.41, 5.74) is 5.88. The lowest BCUT2D eigenvalue weighted by molar-refractivity contribution is -0.287. The van der Waals surface area contributed by atoms with Gasteiger partial charge in [-0.15, -0.1) is 0 Å². The number of benzene rings is 1. The number of carbonyl (C=O) groups is 3. The molecule has 1 aromatic rings. The third-order valence-corrected chi connectivity index (χ3v) is 5.36. The largest absolute Gasteiger partial charge is 0.493 e. The summed E-state index contributed by atoms with van der Waals surface area (Å²) in [5, 5.41) is 23.2. The normalized spacial score (nSPS) is 26.7. The fourth-order valence-corrected chi connectivity index (χ4v) is 3.77. The number of aliphatic hydroxyl groups is 1. The molecule has 6 atom stereocenters. The Labute approximate surface area is 190 Å². The molecule has 12 nitrogen and oxygen atoms in total. The van der Waals surface area contributed by atoms with Gasteiger partial charge in [0.05, 0.1) is 31.8 Å². The molecular weight excluding hydrogens is 440 g/mol. The zero-order valence-corrected chi connectivity index (χ0v) is 18.8. The molecule has 1 fully saturated rings. The molecule has 0 saturated carbocycles. The monoisotopic (exact) mass is 470 g/mol. The van der Waals surface area contributed by atoms with Crippen molar-refractivity contribution in [1.82, 2.24) is 5.32 Å². The smallest absolute Gasteiger partial charge is 0.377 e. The molecule has 12 heteroatoms. The summed E-state index contributed by atoms with van der Waals surface area (Å²) in [4.78, 5) is 35.4. The lowest BCUT2D eigenvalue weighted by Crippen LogP contribution is -2.69. The molecule has 0 radical (unpaired) electrons. The second-order valence-electron chi connectivity index (χ2n) is 7.48. The van der Waals surface area contributed by atoms with E-state index in [1.165, 1.54) is 46.5 Å². The van der Waals surface area contributed by atoms with Crippen molar-refractivity contribution in [3.05, 3.63) is 23.8 Å². The van der Waals surface area contributed by atoms with E-state index < -0.39 is 48.1 Å². The van der Waals surface area contributed by atoms with Crippen LogP contribution in [-0.2, 0) is 23.8 Å². The molecule has 184 valence electrons. The average molecular weight is 470 g/mol. The van der Waals surface area contributed by atoms with Crippen molar-refractivity contribution < 1.29 is 48.3 Å². The second-order valence-corrected chi connectivity index (χ2v) is 7.48. The zero-order valence-electron chi connectivity index (χ0n) is 18.8. The number of ether oxygens (including phenoxy) is 5. The first-order valence-electron chi connectivity index (χ1n) is 10.1. The van der Waals surface area contributed by atoms with Crippen LogP contribution < -0.4 is 20.5 Å². The predicted octanol–water partition coefficient (Wildman–Crippen LogP) is -0.689. The van der Waals surface area contributed by atoms with Gasteiger partial charge in [0.1, 0.15) is 18.5 Å². The van der Waals surface area contributed by atoms with Crippen LogP contribution in [0, 0.1) is 0 Å². The Hall–Kier alpha value is -2.77. The van der Waals surface area contributed by atoms with Crippen molar-refractivity contribution >= 4 is 18.2 Å². The Morgan fingerprint density at radius 2 is 2.03 bits per heavy atom. The van der Waals surface area contributed by atoms with Crippen molar-refractivity contribution in [3.8, 4) is 11.5 Å². The number of aliphatic carboxylic acids is 1. The van der Waals surface area contributed by atoms with Gasteiger partial charge in [0.2, 0.25) is 5.91 Å². The van der Waals surface area contributed by atoms with Crippen LogP contribution in [0.2, 0.25) is 0 Å². The van der Waals surface area contributed by atoms with Gasteiger partial charge in [0.15, 0.2) is 11.5 Å². The van der Waals surface area contributed by atoms with Crippen LogP contribution in [0.5, 0.6) is 11.5 Å². The van der Waals surface area contributed by atoms with Crippen LogP contribution in [-0.4, -0.2) is 92.5 Å². The Morgan fingerprint density at radius 1 is 1.33 bits per heavy atom. The number of hydrogen-bond donors (Lipinski definition) is 4. The number of carbonyl (C=O) groups excluding carboxylic acids is 2. The molecule has 1 unspecified atom stereocenters. The van der Waals surface area contributed by atoms with Gasteiger partial charge in [-0.1, -0.05) is 0 Å². The first-order chi connectivity index (χ1) is 15.7. The number of rotatable bonds is 11. The Morgan fingerprint density at radius 3 is 2.52 bits per heavy atom. The highest BCUT2D eigenvalue weighted by molar-refractivity contribution is 5.78. The maximum atomic E-state index is 12.5. The van der Waals surface area contributed by atoms with Gasteiger partial charge in [0, 0.05) is 33.3 Å². The van der Waals surface area contributed by atoms with Gasteiger partial charge in [-0.25, -0.2) is 4.79 Å². The van der Waals surface area contributed by atoms with Crippen molar-refractivity contribution in [2.45, 2.75) is 49.6 Å². The molecule has 1 aliphatic rings. The molecule has 1 aliphatic heterocycles. The van der Waals surface area contributed by atoms with E-state index in [4.69, 9.17) is 29.4 Å². The van der Waals surface area contributed by atoms with E-state index in [1.54, 1.807) is 0 Å². The Kier molecular flexibility index (Phi) is 9.14. The maximum absolute atomic E-state index is 12.5. The SMILES string of the molecule is COc1cc(C=O)ccc1O[C@]1(C(=O)O)C[C@H](OC)[C@@H](NC(C)=O)C([C@@H](OC)[C@@H](O)CN)O1. The van der Waals surface area contributed by atoms with Gasteiger partial charge in [-0.2, -0.15) is 0 Å². The van der Waals surface area contributed by atoms with Gasteiger partial charge < -0.3 is 44.9 Å². The Balaban J connectivity index is 2.57. The first kappa shape index (κ1) is 26.5. The number of carboxylic acids is 1. The van der Waals surface area contributed by atoms with Crippen molar-refractivity contribution in [2.75, 3.05) is 27.9 Å². The second kappa shape index (κ2) is 11.4. The molecule has 1 amide bonds. The first-order valence-corrected chi connectivity index (χ1v) is 10.1. The molecule has 0 aromatic heterocycles. The summed E-state index contributed by atoms with van der Waals surface area (Å²) in [6, 6.07) is 3.28. The maximum Gasteiger partial charge on any atom is 0.377 e. The third kappa shape index (κ3) is 5.78. The van der Waals surface area contributed by atoms with Crippen LogP contribution in [0.4, 0.5) is 0 Å². The van der Waals surface area contributed by atoms with Gasteiger partial charge >= 0.3 is 11.8 Å². The summed E-state index contributed by atoms with van der Waals surface area (Å²) in [6.07, 6.45) is -4.26. The molecule has 1 heterocycles. The highest BCUT2D eigenvalue weighted by Crippen LogP contribution is 2.39. The summed E-state index contributed by atoms with van der Waals surface area (Å²) in [6.45, 7) is 1.06. The van der Waals surface area contributed by atoms with E-state index in [2.05, 4.69) is 5.32 Å². The van der Waals surface area contributed by atoms with Crippen molar-refractivity contribution in [2.24, 2.45) is 5.73 Å². The number of methoxy groups -OCH3 is 3. The average Bonchev–Trinajstić information content (AvgIpc) is 2.80. The van der Waals surface area contributed by atoms with Crippen LogP contribution in [0.15, 0.2) is 18.2 Å². The Bertz CT molecular complexity index is 850. The van der Waals surface area contributed by atoms with E-state index in [0.29, 0.717) is 6.29 Å². The molecular formula is C21H30N2O10. The van der Waals surface area contributed by atoms with Crippen LogP contribution >= 0.6 is 0 Å². The molecule has 1 saturated heterocycles. The van der Waals surface area contributed by atoms with E-state index in [9.17, 15) is 24.6 Å². The number of hydrogen-bond acceptors (Lipinski definition) is 10. The fourth-order valence-electron chi connectivity index (χ4n) is 3.77.